The summed E-state index contributed by atoms with van der Waals surface area (Å²) in [4.78, 5) is 18.7. The molecule has 1 fully saturated rings. The van der Waals surface area contributed by atoms with Gasteiger partial charge in [0.1, 0.15) is 0 Å². The molecule has 2 N–H and O–H groups in total. The second kappa shape index (κ2) is 7.11. The zero-order valence-electron chi connectivity index (χ0n) is 13.6. The molecule has 2 rings (SSSR count). The fourth-order valence-electron chi connectivity index (χ4n) is 3.21. The van der Waals surface area contributed by atoms with Crippen LogP contribution in [-0.2, 0) is 11.4 Å². The van der Waals surface area contributed by atoms with Gasteiger partial charge >= 0.3 is 6.09 Å². The molecule has 0 radical (unpaired) electrons. The zero-order valence-corrected chi connectivity index (χ0v) is 13.6. The maximum Gasteiger partial charge on any atom is 0.407 e. The van der Waals surface area contributed by atoms with E-state index in [1.807, 2.05) is 30.3 Å². The summed E-state index contributed by atoms with van der Waals surface area (Å²) >= 11 is 0. The molecule has 2 unspecified atom stereocenters. The maximum absolute atomic E-state index is 11.5. The largest absolute Gasteiger partial charge is 0.465 e. The van der Waals surface area contributed by atoms with Crippen molar-refractivity contribution in [3.8, 4) is 0 Å². The van der Waals surface area contributed by atoms with Gasteiger partial charge in [-0.05, 0) is 23.8 Å². The normalized spacial score (nSPS) is 22.6. The molecule has 1 aliphatic heterocycles. The van der Waals surface area contributed by atoms with E-state index in [9.17, 15) is 9.90 Å². The van der Waals surface area contributed by atoms with Crippen molar-refractivity contribution in [1.29, 1.82) is 0 Å². The topological polar surface area (TPSA) is 61.8 Å². The number of hydrogen-bond donors (Lipinski definition) is 2. The van der Waals surface area contributed by atoms with Crippen LogP contribution in [0.25, 0.3) is 0 Å². The molecule has 5 heteroatoms. The molecule has 0 spiro atoms. The van der Waals surface area contributed by atoms with Gasteiger partial charge < -0.3 is 10.0 Å². The second-order valence-electron chi connectivity index (χ2n) is 6.93. The molecule has 0 aromatic heterocycles. The summed E-state index contributed by atoms with van der Waals surface area (Å²) in [5.74, 6) is 0. The molecule has 122 valence electrons. The van der Waals surface area contributed by atoms with Crippen molar-refractivity contribution >= 4 is 6.09 Å². The van der Waals surface area contributed by atoms with Crippen LogP contribution in [0.4, 0.5) is 4.79 Å². The van der Waals surface area contributed by atoms with Crippen molar-refractivity contribution in [1.82, 2.24) is 10.4 Å². The standard InChI is InChI=1S/C17H26N2O3/c1-17(2,3)15-14(10-7-11-19(15)16(20)21)18-22-12-13-8-5-4-6-9-13/h4-6,8-9,14-15,18H,7,10-12H2,1-3H3,(H,20,21). The average molecular weight is 306 g/mol. The number of amides is 1. The van der Waals surface area contributed by atoms with Crippen molar-refractivity contribution in [3.05, 3.63) is 35.9 Å². The first-order valence-electron chi connectivity index (χ1n) is 7.80. The second-order valence-corrected chi connectivity index (χ2v) is 6.93. The predicted molar refractivity (Wildman–Crippen MR) is 85.4 cm³/mol. The van der Waals surface area contributed by atoms with Crippen molar-refractivity contribution in [2.24, 2.45) is 5.41 Å². The molecule has 1 saturated heterocycles. The lowest BCUT2D eigenvalue weighted by Crippen LogP contribution is -2.60. The summed E-state index contributed by atoms with van der Waals surface area (Å²) in [6.45, 7) is 7.29. The SMILES string of the molecule is CC(C)(C)C1C(NOCc2ccccc2)CCCN1C(=O)O. The van der Waals surface area contributed by atoms with Crippen LogP contribution in [0.15, 0.2) is 30.3 Å². The van der Waals surface area contributed by atoms with Gasteiger partial charge in [-0.15, -0.1) is 0 Å². The van der Waals surface area contributed by atoms with Gasteiger partial charge in [-0.1, -0.05) is 51.1 Å². The van der Waals surface area contributed by atoms with Crippen LogP contribution in [0.5, 0.6) is 0 Å². The number of nitrogens with one attached hydrogen (secondary N) is 1. The third kappa shape index (κ3) is 4.21. The van der Waals surface area contributed by atoms with Gasteiger partial charge in [-0.3, -0.25) is 4.84 Å². The highest BCUT2D eigenvalue weighted by molar-refractivity contribution is 5.65. The first-order valence-corrected chi connectivity index (χ1v) is 7.80. The van der Waals surface area contributed by atoms with Crippen LogP contribution in [-0.4, -0.2) is 34.7 Å². The van der Waals surface area contributed by atoms with Gasteiger partial charge in [-0.2, -0.15) is 5.48 Å². The van der Waals surface area contributed by atoms with Crippen LogP contribution in [0.1, 0.15) is 39.2 Å². The lowest BCUT2D eigenvalue weighted by atomic mass is 9.78. The Kier molecular flexibility index (Phi) is 5.42. The minimum absolute atomic E-state index is 0.00793. The van der Waals surface area contributed by atoms with Crippen LogP contribution in [0.2, 0.25) is 0 Å². The first kappa shape index (κ1) is 16.8. The van der Waals surface area contributed by atoms with Crippen molar-refractivity contribution in [2.45, 2.75) is 52.3 Å². The van der Waals surface area contributed by atoms with E-state index in [0.29, 0.717) is 13.2 Å². The van der Waals surface area contributed by atoms with Gasteiger partial charge in [0.25, 0.3) is 0 Å². The third-order valence-corrected chi connectivity index (χ3v) is 4.08. The smallest absolute Gasteiger partial charge is 0.407 e. The van der Waals surface area contributed by atoms with E-state index in [1.165, 1.54) is 0 Å². The summed E-state index contributed by atoms with van der Waals surface area (Å²) in [6, 6.07) is 9.84. The molecular formula is C17H26N2O3. The highest BCUT2D eigenvalue weighted by Gasteiger charge is 2.41. The monoisotopic (exact) mass is 306 g/mol. The number of carboxylic acid groups (broad SMARTS) is 1. The number of hydrogen-bond acceptors (Lipinski definition) is 3. The number of hydroxylamine groups is 1. The Morgan fingerprint density at radius 2 is 2.05 bits per heavy atom. The van der Waals surface area contributed by atoms with Crippen LogP contribution < -0.4 is 5.48 Å². The highest BCUT2D eigenvalue weighted by atomic mass is 16.6. The van der Waals surface area contributed by atoms with Gasteiger partial charge in [0.15, 0.2) is 0 Å². The Balaban J connectivity index is 1.99. The first-order chi connectivity index (χ1) is 10.4. The number of carbonyl (C=O) groups is 1. The summed E-state index contributed by atoms with van der Waals surface area (Å²) in [6.07, 6.45) is 0.917. The van der Waals surface area contributed by atoms with Crippen LogP contribution in [0, 0.1) is 5.41 Å². The van der Waals surface area contributed by atoms with Crippen LogP contribution >= 0.6 is 0 Å². The highest BCUT2D eigenvalue weighted by Crippen LogP contribution is 2.32. The third-order valence-electron chi connectivity index (χ3n) is 4.08. The fourth-order valence-corrected chi connectivity index (χ4v) is 3.21. The lowest BCUT2D eigenvalue weighted by Gasteiger charge is -2.46. The van der Waals surface area contributed by atoms with Gasteiger partial charge in [-0.25, -0.2) is 4.79 Å². The average Bonchev–Trinajstić information content (AvgIpc) is 2.47. The summed E-state index contributed by atoms with van der Waals surface area (Å²) in [5.41, 5.74) is 4.05. The number of rotatable bonds is 4. The Morgan fingerprint density at radius 3 is 2.64 bits per heavy atom. The summed E-state index contributed by atoms with van der Waals surface area (Å²) < 4.78 is 0. The van der Waals surface area contributed by atoms with Gasteiger partial charge in [0.2, 0.25) is 0 Å². The van der Waals surface area contributed by atoms with E-state index < -0.39 is 6.09 Å². The molecule has 1 aliphatic rings. The quantitative estimate of drug-likeness (QED) is 0.838. The zero-order chi connectivity index (χ0) is 16.2. The molecular weight excluding hydrogens is 280 g/mol. The van der Waals surface area contributed by atoms with E-state index in [0.717, 1.165) is 18.4 Å². The van der Waals surface area contributed by atoms with E-state index >= 15 is 0 Å². The molecule has 0 bridgehead atoms. The maximum atomic E-state index is 11.5. The van der Waals surface area contributed by atoms with Crippen molar-refractivity contribution in [2.75, 3.05) is 6.54 Å². The Labute approximate surface area is 132 Å². The van der Waals surface area contributed by atoms with Crippen molar-refractivity contribution < 1.29 is 14.7 Å². The van der Waals surface area contributed by atoms with Crippen LogP contribution in [0.3, 0.4) is 0 Å². The summed E-state index contributed by atoms with van der Waals surface area (Å²) in [5, 5.41) is 9.45. The Hall–Kier alpha value is -1.59. The molecule has 1 aromatic rings. The van der Waals surface area contributed by atoms with E-state index in [4.69, 9.17) is 4.84 Å². The minimum Gasteiger partial charge on any atom is -0.465 e. The van der Waals surface area contributed by atoms with E-state index in [2.05, 4.69) is 26.3 Å². The lowest BCUT2D eigenvalue weighted by molar-refractivity contribution is -0.0533. The Bertz CT molecular complexity index is 484. The molecule has 2 atom stereocenters. The molecule has 5 nitrogen and oxygen atoms in total. The number of piperidine rings is 1. The molecule has 1 amide bonds. The summed E-state index contributed by atoms with van der Waals surface area (Å²) in [7, 11) is 0. The molecule has 0 saturated carbocycles. The van der Waals surface area contributed by atoms with E-state index in [1.54, 1.807) is 4.90 Å². The fraction of sp³-hybridized carbons (Fsp3) is 0.588. The predicted octanol–water partition coefficient (Wildman–Crippen LogP) is 3.26. The molecule has 1 aromatic carbocycles. The number of likely N-dealkylation sites (tertiary alicyclic amines) is 1. The van der Waals surface area contributed by atoms with Crippen molar-refractivity contribution in [3.63, 3.8) is 0 Å². The minimum atomic E-state index is -0.852. The molecule has 1 heterocycles. The molecule has 22 heavy (non-hydrogen) atoms. The number of nitrogens with zero attached hydrogens (tertiary/aromatic N) is 1. The molecule has 0 aliphatic carbocycles. The number of benzene rings is 1. The van der Waals surface area contributed by atoms with Gasteiger partial charge in [0, 0.05) is 6.54 Å². The van der Waals surface area contributed by atoms with Gasteiger partial charge in [0.05, 0.1) is 18.7 Å². The Morgan fingerprint density at radius 1 is 1.36 bits per heavy atom. The van der Waals surface area contributed by atoms with E-state index in [-0.39, 0.29) is 17.5 Å².